The summed E-state index contributed by atoms with van der Waals surface area (Å²) >= 11 is 6.15. The zero-order valence-corrected chi connectivity index (χ0v) is 19.4. The highest BCUT2D eigenvalue weighted by Crippen LogP contribution is 2.46. The monoisotopic (exact) mass is 442 g/mol. The number of nitrogens with zero attached hydrogens (tertiary/aromatic N) is 1. The molecule has 5 nitrogen and oxygen atoms in total. The van der Waals surface area contributed by atoms with Crippen LogP contribution in [-0.4, -0.2) is 40.4 Å². The molecule has 2 amide bonds. The van der Waals surface area contributed by atoms with Gasteiger partial charge in [0, 0.05) is 41.1 Å². The normalized spacial score (nSPS) is 20.9. The van der Waals surface area contributed by atoms with Gasteiger partial charge in [-0.15, -0.1) is 0 Å². The van der Waals surface area contributed by atoms with Crippen LogP contribution in [0.4, 0.5) is 0 Å². The van der Waals surface area contributed by atoms with Crippen molar-refractivity contribution in [1.29, 1.82) is 0 Å². The Bertz CT molecular complexity index is 958. The van der Waals surface area contributed by atoms with Crippen LogP contribution in [0.3, 0.4) is 0 Å². The SMILES string of the molecule is CC(C)(CC(=O)N1CCC(O)(c2cccc(Cl)c2)C(C)(C)C1)NC(=O)c1ccccc1. The number of carbonyl (C=O) groups excluding carboxylic acids is 2. The summed E-state index contributed by atoms with van der Waals surface area (Å²) in [7, 11) is 0. The van der Waals surface area contributed by atoms with Crippen LogP contribution in [0.15, 0.2) is 54.6 Å². The molecule has 0 spiro atoms. The molecule has 31 heavy (non-hydrogen) atoms. The van der Waals surface area contributed by atoms with Crippen LogP contribution in [0, 0.1) is 5.41 Å². The smallest absolute Gasteiger partial charge is 0.251 e. The fourth-order valence-corrected chi connectivity index (χ4v) is 4.51. The minimum Gasteiger partial charge on any atom is -0.384 e. The molecule has 166 valence electrons. The van der Waals surface area contributed by atoms with Gasteiger partial charge in [0.05, 0.1) is 5.60 Å². The van der Waals surface area contributed by atoms with Crippen molar-refractivity contribution in [1.82, 2.24) is 10.2 Å². The van der Waals surface area contributed by atoms with E-state index in [4.69, 9.17) is 11.6 Å². The van der Waals surface area contributed by atoms with Crippen molar-refractivity contribution < 1.29 is 14.7 Å². The highest BCUT2D eigenvalue weighted by molar-refractivity contribution is 6.30. The fourth-order valence-electron chi connectivity index (χ4n) is 4.32. The number of halogens is 1. The molecule has 2 aromatic carbocycles. The molecule has 1 unspecified atom stereocenters. The summed E-state index contributed by atoms with van der Waals surface area (Å²) in [5.41, 5.74) is -1.01. The Labute approximate surface area is 189 Å². The predicted molar refractivity (Wildman–Crippen MR) is 123 cm³/mol. The van der Waals surface area contributed by atoms with Crippen molar-refractivity contribution in [3.63, 3.8) is 0 Å². The van der Waals surface area contributed by atoms with Gasteiger partial charge in [-0.3, -0.25) is 9.59 Å². The lowest BCUT2D eigenvalue weighted by Gasteiger charge is -2.51. The van der Waals surface area contributed by atoms with Crippen LogP contribution in [0.1, 0.15) is 56.5 Å². The van der Waals surface area contributed by atoms with Gasteiger partial charge in [0.2, 0.25) is 5.91 Å². The molecule has 2 N–H and O–H groups in total. The number of piperidine rings is 1. The molecule has 0 bridgehead atoms. The molecule has 1 heterocycles. The first-order chi connectivity index (χ1) is 14.4. The summed E-state index contributed by atoms with van der Waals surface area (Å²) < 4.78 is 0. The number of carbonyl (C=O) groups is 2. The second kappa shape index (κ2) is 8.64. The predicted octanol–water partition coefficient (Wildman–Crippen LogP) is 4.38. The molecule has 1 aliphatic rings. The molecule has 2 aromatic rings. The van der Waals surface area contributed by atoms with Gasteiger partial charge in [-0.1, -0.05) is 55.8 Å². The summed E-state index contributed by atoms with van der Waals surface area (Å²) in [5, 5.41) is 15.1. The third-order valence-corrected chi connectivity index (χ3v) is 6.42. The standard InChI is InChI=1S/C25H31ClN2O3/c1-23(2)17-28(14-13-25(23,31)19-11-8-12-20(26)15-19)21(29)16-24(3,4)27-22(30)18-9-6-5-7-10-18/h5-12,15,31H,13-14,16-17H2,1-4H3,(H,27,30). The van der Waals surface area contributed by atoms with E-state index in [9.17, 15) is 14.7 Å². The van der Waals surface area contributed by atoms with Crippen molar-refractivity contribution >= 4 is 23.4 Å². The highest BCUT2D eigenvalue weighted by atomic mass is 35.5. The number of amides is 2. The molecule has 1 saturated heterocycles. The summed E-state index contributed by atoms with van der Waals surface area (Å²) in [6.07, 6.45) is 0.597. The molecular weight excluding hydrogens is 412 g/mol. The van der Waals surface area contributed by atoms with Gasteiger partial charge in [-0.2, -0.15) is 0 Å². The number of benzene rings is 2. The van der Waals surface area contributed by atoms with Crippen molar-refractivity contribution in [2.75, 3.05) is 13.1 Å². The van der Waals surface area contributed by atoms with Crippen molar-refractivity contribution in [2.24, 2.45) is 5.41 Å². The van der Waals surface area contributed by atoms with Gasteiger partial charge >= 0.3 is 0 Å². The van der Waals surface area contributed by atoms with Gasteiger partial charge in [0.25, 0.3) is 5.91 Å². The number of likely N-dealkylation sites (tertiary alicyclic amines) is 1. The molecule has 0 aromatic heterocycles. The van der Waals surface area contributed by atoms with Crippen LogP contribution < -0.4 is 5.32 Å². The van der Waals surface area contributed by atoms with Crippen LogP contribution in [0.2, 0.25) is 5.02 Å². The van der Waals surface area contributed by atoms with E-state index >= 15 is 0 Å². The number of hydrogen-bond donors (Lipinski definition) is 2. The number of nitrogens with one attached hydrogen (secondary N) is 1. The zero-order valence-electron chi connectivity index (χ0n) is 18.6. The maximum absolute atomic E-state index is 13.1. The third-order valence-electron chi connectivity index (χ3n) is 6.19. The Morgan fingerprint density at radius 1 is 1.13 bits per heavy atom. The average molecular weight is 443 g/mol. The van der Waals surface area contributed by atoms with E-state index in [1.54, 1.807) is 29.2 Å². The van der Waals surface area contributed by atoms with E-state index in [0.717, 1.165) is 5.56 Å². The summed E-state index contributed by atoms with van der Waals surface area (Å²) in [6, 6.07) is 16.3. The van der Waals surface area contributed by atoms with E-state index in [1.165, 1.54) is 0 Å². The van der Waals surface area contributed by atoms with Gasteiger partial charge in [-0.05, 0) is 50.1 Å². The van der Waals surface area contributed by atoms with E-state index in [2.05, 4.69) is 5.32 Å². The topological polar surface area (TPSA) is 69.6 Å². The Morgan fingerprint density at radius 3 is 2.42 bits per heavy atom. The van der Waals surface area contributed by atoms with Gasteiger partial charge in [0.15, 0.2) is 0 Å². The Morgan fingerprint density at radius 2 is 1.81 bits per heavy atom. The Balaban J connectivity index is 1.67. The van der Waals surface area contributed by atoms with Crippen molar-refractivity contribution in [3.05, 3.63) is 70.7 Å². The van der Waals surface area contributed by atoms with E-state index in [0.29, 0.717) is 30.1 Å². The van der Waals surface area contributed by atoms with Gasteiger partial charge in [0.1, 0.15) is 0 Å². The van der Waals surface area contributed by atoms with E-state index in [1.807, 2.05) is 58.0 Å². The van der Waals surface area contributed by atoms with Crippen LogP contribution in [0.5, 0.6) is 0 Å². The second-order valence-electron chi connectivity index (χ2n) is 9.70. The molecule has 1 aliphatic heterocycles. The number of hydrogen-bond acceptors (Lipinski definition) is 3. The summed E-state index contributed by atoms with van der Waals surface area (Å²) in [5.74, 6) is -0.243. The average Bonchev–Trinajstić information content (AvgIpc) is 2.69. The molecular formula is C25H31ClN2O3. The first kappa shape index (κ1) is 23.3. The van der Waals surface area contributed by atoms with Crippen LogP contribution >= 0.6 is 11.6 Å². The molecule has 1 fully saturated rings. The highest BCUT2D eigenvalue weighted by Gasteiger charge is 2.49. The third kappa shape index (κ3) is 5.10. The first-order valence-corrected chi connectivity index (χ1v) is 11.0. The maximum atomic E-state index is 13.1. The lowest BCUT2D eigenvalue weighted by atomic mass is 9.66. The minimum atomic E-state index is -1.08. The molecule has 0 radical (unpaired) electrons. The number of rotatable bonds is 5. The zero-order chi connectivity index (χ0) is 22.9. The molecule has 0 saturated carbocycles. The van der Waals surface area contributed by atoms with Crippen molar-refractivity contribution in [2.45, 2.75) is 51.7 Å². The Hall–Kier alpha value is -2.37. The molecule has 0 aliphatic carbocycles. The molecule has 3 rings (SSSR count). The Kier molecular flexibility index (Phi) is 6.49. The van der Waals surface area contributed by atoms with Crippen LogP contribution in [0.25, 0.3) is 0 Å². The lowest BCUT2D eigenvalue weighted by molar-refractivity contribution is -0.154. The van der Waals surface area contributed by atoms with E-state index in [-0.39, 0.29) is 18.2 Å². The van der Waals surface area contributed by atoms with Crippen LogP contribution in [-0.2, 0) is 10.4 Å². The number of aliphatic hydroxyl groups is 1. The lowest BCUT2D eigenvalue weighted by Crippen LogP contribution is -2.58. The first-order valence-electron chi connectivity index (χ1n) is 10.6. The van der Waals surface area contributed by atoms with Crippen molar-refractivity contribution in [3.8, 4) is 0 Å². The van der Waals surface area contributed by atoms with Gasteiger partial charge < -0.3 is 15.3 Å². The summed E-state index contributed by atoms with van der Waals surface area (Å²) in [4.78, 5) is 27.4. The van der Waals surface area contributed by atoms with Gasteiger partial charge in [-0.25, -0.2) is 0 Å². The fraction of sp³-hybridized carbons (Fsp3) is 0.440. The largest absolute Gasteiger partial charge is 0.384 e. The second-order valence-corrected chi connectivity index (χ2v) is 10.1. The minimum absolute atomic E-state index is 0.0421. The quantitative estimate of drug-likeness (QED) is 0.721. The maximum Gasteiger partial charge on any atom is 0.251 e. The van der Waals surface area contributed by atoms with E-state index < -0.39 is 16.6 Å². The summed E-state index contributed by atoms with van der Waals surface area (Å²) in [6.45, 7) is 8.49. The molecule has 1 atom stereocenters. The molecule has 6 heteroatoms.